The van der Waals surface area contributed by atoms with Crippen LogP contribution >= 0.6 is 0 Å². The van der Waals surface area contributed by atoms with Crippen molar-refractivity contribution >= 4 is 11.8 Å². The summed E-state index contributed by atoms with van der Waals surface area (Å²) in [5.74, 6) is 0.767. The molecule has 0 spiro atoms. The van der Waals surface area contributed by atoms with Gasteiger partial charge in [0.05, 0.1) is 12.8 Å². The van der Waals surface area contributed by atoms with Crippen molar-refractivity contribution in [1.29, 1.82) is 0 Å². The molecule has 0 bridgehead atoms. The van der Waals surface area contributed by atoms with E-state index >= 15 is 0 Å². The Balaban J connectivity index is 2.18. The Labute approximate surface area is 129 Å². The number of para-hydroxylation sites is 1. The van der Waals surface area contributed by atoms with Crippen LogP contribution in [0.5, 0.6) is 5.75 Å². The van der Waals surface area contributed by atoms with Crippen LogP contribution in [0.3, 0.4) is 0 Å². The highest BCUT2D eigenvalue weighted by Crippen LogP contribution is 2.24. The highest BCUT2D eigenvalue weighted by atomic mass is 16.6. The molecule has 2 rings (SSSR count). The molecule has 5 heteroatoms. The standard InChI is InChI=1S/C17H19NO4/c1-12-8-9-16(13(2)10-12)22-11-14-6-4-5-7-15(14)18(20)17(19)21-3/h4-10,20H,11H2,1-3H3. The van der Waals surface area contributed by atoms with Gasteiger partial charge < -0.3 is 9.47 Å². The van der Waals surface area contributed by atoms with Crippen molar-refractivity contribution in [2.45, 2.75) is 20.5 Å². The van der Waals surface area contributed by atoms with Crippen molar-refractivity contribution in [3.05, 3.63) is 59.2 Å². The SMILES string of the molecule is COC(=O)N(O)c1ccccc1COc1ccc(C)cc1C. The smallest absolute Gasteiger partial charge is 0.438 e. The van der Waals surface area contributed by atoms with Crippen LogP contribution in [0.2, 0.25) is 0 Å². The summed E-state index contributed by atoms with van der Waals surface area (Å²) in [5.41, 5.74) is 3.21. The molecule has 0 unspecified atom stereocenters. The molecular weight excluding hydrogens is 282 g/mol. The quantitative estimate of drug-likeness (QED) is 0.688. The number of aryl methyl sites for hydroxylation is 2. The summed E-state index contributed by atoms with van der Waals surface area (Å²) < 4.78 is 10.3. The maximum atomic E-state index is 11.4. The molecule has 116 valence electrons. The molecule has 5 nitrogen and oxygen atoms in total. The average molecular weight is 301 g/mol. The van der Waals surface area contributed by atoms with Crippen molar-refractivity contribution in [2.75, 3.05) is 12.2 Å². The number of rotatable bonds is 4. The highest BCUT2D eigenvalue weighted by molar-refractivity contribution is 5.85. The number of hydroxylamine groups is 1. The second-order valence-corrected chi connectivity index (χ2v) is 4.97. The van der Waals surface area contributed by atoms with Crippen molar-refractivity contribution < 1.29 is 19.5 Å². The van der Waals surface area contributed by atoms with Gasteiger partial charge in [0, 0.05) is 5.56 Å². The van der Waals surface area contributed by atoms with Gasteiger partial charge in [-0.15, -0.1) is 0 Å². The van der Waals surface area contributed by atoms with Crippen LogP contribution in [0.15, 0.2) is 42.5 Å². The van der Waals surface area contributed by atoms with E-state index in [1.165, 1.54) is 7.11 Å². The minimum atomic E-state index is -0.848. The predicted octanol–water partition coefficient (Wildman–Crippen LogP) is 3.84. The minimum absolute atomic E-state index is 0.230. The van der Waals surface area contributed by atoms with Crippen molar-refractivity contribution in [1.82, 2.24) is 0 Å². The van der Waals surface area contributed by atoms with Crippen LogP contribution in [-0.2, 0) is 11.3 Å². The number of carbonyl (C=O) groups is 1. The number of methoxy groups -OCH3 is 1. The van der Waals surface area contributed by atoms with Crippen LogP contribution in [0, 0.1) is 13.8 Å². The Morgan fingerprint density at radius 3 is 2.59 bits per heavy atom. The number of carbonyl (C=O) groups excluding carboxylic acids is 1. The second-order valence-electron chi connectivity index (χ2n) is 4.97. The Kier molecular flexibility index (Phi) is 5.01. The number of benzene rings is 2. The van der Waals surface area contributed by atoms with Crippen LogP contribution in [0.25, 0.3) is 0 Å². The molecule has 0 heterocycles. The molecule has 0 saturated heterocycles. The summed E-state index contributed by atoms with van der Waals surface area (Å²) >= 11 is 0. The van der Waals surface area contributed by atoms with E-state index < -0.39 is 6.09 Å². The number of hydrogen-bond donors (Lipinski definition) is 1. The monoisotopic (exact) mass is 301 g/mol. The number of amides is 1. The number of anilines is 1. The van der Waals surface area contributed by atoms with Gasteiger partial charge in [0.2, 0.25) is 0 Å². The molecular formula is C17H19NO4. The molecule has 0 aliphatic heterocycles. The van der Waals surface area contributed by atoms with Crippen LogP contribution in [0.4, 0.5) is 10.5 Å². The zero-order valence-corrected chi connectivity index (χ0v) is 12.9. The number of ether oxygens (including phenoxy) is 2. The minimum Gasteiger partial charge on any atom is -0.489 e. The van der Waals surface area contributed by atoms with Gasteiger partial charge in [0.15, 0.2) is 0 Å². The summed E-state index contributed by atoms with van der Waals surface area (Å²) in [6.07, 6.45) is -0.848. The third kappa shape index (κ3) is 3.56. The second kappa shape index (κ2) is 6.95. The number of hydrogen-bond acceptors (Lipinski definition) is 4. The molecule has 22 heavy (non-hydrogen) atoms. The van der Waals surface area contributed by atoms with E-state index in [0.29, 0.717) is 16.3 Å². The molecule has 2 aromatic rings. The van der Waals surface area contributed by atoms with Crippen molar-refractivity contribution in [3.63, 3.8) is 0 Å². The molecule has 0 aliphatic carbocycles. The molecule has 0 fully saturated rings. The molecule has 1 N–H and O–H groups in total. The molecule has 0 saturated carbocycles. The maximum Gasteiger partial charge on any atom is 0.438 e. The first kappa shape index (κ1) is 15.9. The lowest BCUT2D eigenvalue weighted by atomic mass is 10.1. The Morgan fingerprint density at radius 2 is 1.91 bits per heavy atom. The third-order valence-electron chi connectivity index (χ3n) is 3.28. The van der Waals surface area contributed by atoms with Crippen LogP contribution in [-0.4, -0.2) is 18.4 Å². The lowest BCUT2D eigenvalue weighted by molar-refractivity contribution is 0.140. The van der Waals surface area contributed by atoms with E-state index in [0.717, 1.165) is 16.9 Å². The van der Waals surface area contributed by atoms with Gasteiger partial charge >= 0.3 is 6.09 Å². The van der Waals surface area contributed by atoms with Crippen molar-refractivity contribution in [2.24, 2.45) is 0 Å². The van der Waals surface area contributed by atoms with Crippen molar-refractivity contribution in [3.8, 4) is 5.75 Å². The van der Waals surface area contributed by atoms with Gasteiger partial charge in [-0.1, -0.05) is 35.9 Å². The summed E-state index contributed by atoms with van der Waals surface area (Å²) in [6.45, 7) is 4.22. The molecule has 0 radical (unpaired) electrons. The fourth-order valence-electron chi connectivity index (χ4n) is 2.14. The molecule has 2 aromatic carbocycles. The zero-order chi connectivity index (χ0) is 16.1. The molecule has 0 aromatic heterocycles. The Bertz CT molecular complexity index is 669. The van der Waals surface area contributed by atoms with E-state index in [9.17, 15) is 10.0 Å². The highest BCUT2D eigenvalue weighted by Gasteiger charge is 2.17. The molecule has 0 aliphatic rings. The van der Waals surface area contributed by atoms with E-state index in [1.807, 2.05) is 38.1 Å². The van der Waals surface area contributed by atoms with E-state index in [4.69, 9.17) is 4.74 Å². The lowest BCUT2D eigenvalue weighted by Crippen LogP contribution is -2.27. The first-order valence-corrected chi connectivity index (χ1v) is 6.88. The summed E-state index contributed by atoms with van der Waals surface area (Å²) in [5, 5.41) is 10.3. The molecule has 0 atom stereocenters. The summed E-state index contributed by atoms with van der Waals surface area (Å²) in [4.78, 5) is 11.4. The first-order valence-electron chi connectivity index (χ1n) is 6.88. The average Bonchev–Trinajstić information content (AvgIpc) is 2.53. The number of nitrogens with zero attached hydrogens (tertiary/aromatic N) is 1. The van der Waals surface area contributed by atoms with Crippen LogP contribution in [0.1, 0.15) is 16.7 Å². The third-order valence-corrected chi connectivity index (χ3v) is 3.28. The van der Waals surface area contributed by atoms with E-state index in [1.54, 1.807) is 18.2 Å². The Morgan fingerprint density at radius 1 is 1.18 bits per heavy atom. The Hall–Kier alpha value is -2.53. The maximum absolute atomic E-state index is 11.4. The predicted molar refractivity (Wildman–Crippen MR) is 83.4 cm³/mol. The van der Waals surface area contributed by atoms with E-state index in [-0.39, 0.29) is 6.61 Å². The van der Waals surface area contributed by atoms with Gasteiger partial charge in [-0.25, -0.2) is 4.79 Å². The summed E-state index contributed by atoms with van der Waals surface area (Å²) in [6, 6.07) is 12.9. The van der Waals surface area contributed by atoms with Gasteiger partial charge in [-0.3, -0.25) is 5.21 Å². The normalized spacial score (nSPS) is 10.2. The van der Waals surface area contributed by atoms with Gasteiger partial charge in [-0.05, 0) is 31.5 Å². The molecule has 1 amide bonds. The van der Waals surface area contributed by atoms with Crippen LogP contribution < -0.4 is 9.80 Å². The van der Waals surface area contributed by atoms with E-state index in [2.05, 4.69) is 4.74 Å². The zero-order valence-electron chi connectivity index (χ0n) is 12.9. The van der Waals surface area contributed by atoms with Gasteiger partial charge in [-0.2, -0.15) is 5.06 Å². The van der Waals surface area contributed by atoms with Gasteiger partial charge in [0.25, 0.3) is 0 Å². The van der Waals surface area contributed by atoms with Gasteiger partial charge in [0.1, 0.15) is 12.4 Å². The largest absolute Gasteiger partial charge is 0.489 e. The topological polar surface area (TPSA) is 59.0 Å². The fourth-order valence-corrected chi connectivity index (χ4v) is 2.14. The fraction of sp³-hybridized carbons (Fsp3) is 0.235. The lowest BCUT2D eigenvalue weighted by Gasteiger charge is -2.18. The first-order chi connectivity index (χ1) is 10.5. The summed E-state index contributed by atoms with van der Waals surface area (Å²) in [7, 11) is 1.21.